The molecule has 7 heteroatoms. The molecule has 5 rings (SSSR count). The summed E-state index contributed by atoms with van der Waals surface area (Å²) in [6, 6.07) is 26.1. The van der Waals surface area contributed by atoms with Crippen molar-refractivity contribution in [1.29, 1.82) is 5.26 Å². The molecule has 2 aromatic carbocycles. The number of para-hydroxylation sites is 1. The number of hydrogen-bond acceptors (Lipinski definition) is 6. The van der Waals surface area contributed by atoms with E-state index in [2.05, 4.69) is 22.8 Å². The average Bonchev–Trinajstić information content (AvgIpc) is 3.81. The molecule has 1 amide bonds. The molecule has 1 aliphatic rings. The maximum Gasteiger partial charge on any atom is 0.223 e. The van der Waals surface area contributed by atoms with Crippen LogP contribution in [0.2, 0.25) is 0 Å². The summed E-state index contributed by atoms with van der Waals surface area (Å²) in [5.74, 6) is 3.11. The first-order valence-electron chi connectivity index (χ1n) is 14.6. The minimum absolute atomic E-state index is 0.00532. The predicted octanol–water partition coefficient (Wildman–Crippen LogP) is 8.31. The maximum absolute atomic E-state index is 12.2. The van der Waals surface area contributed by atoms with Gasteiger partial charge in [-0.25, -0.2) is 0 Å². The lowest BCUT2D eigenvalue weighted by atomic mass is 9.88. The quantitative estimate of drug-likeness (QED) is 0.192. The van der Waals surface area contributed by atoms with Crippen LogP contribution in [0.3, 0.4) is 0 Å². The summed E-state index contributed by atoms with van der Waals surface area (Å²) in [7, 11) is 1.65. The van der Waals surface area contributed by atoms with Crippen LogP contribution in [-0.2, 0) is 4.79 Å². The minimum Gasteiger partial charge on any atom is -0.496 e. The topological polar surface area (TPSA) is 84.5 Å². The fraction of sp³-hybridized carbons (Fsp3) is 0.371. The van der Waals surface area contributed by atoms with Crippen molar-refractivity contribution in [3.63, 3.8) is 0 Å². The van der Waals surface area contributed by atoms with Gasteiger partial charge in [-0.05, 0) is 74.0 Å². The lowest BCUT2D eigenvalue weighted by Gasteiger charge is -2.18. The van der Waals surface area contributed by atoms with Gasteiger partial charge in [-0.15, -0.1) is 11.3 Å². The van der Waals surface area contributed by atoms with Gasteiger partial charge in [0.05, 0.1) is 31.5 Å². The van der Waals surface area contributed by atoms with Crippen molar-refractivity contribution in [2.45, 2.75) is 63.9 Å². The van der Waals surface area contributed by atoms with E-state index in [0.29, 0.717) is 13.0 Å². The molecule has 1 aliphatic carbocycles. The first kappa shape index (κ1) is 30.9. The van der Waals surface area contributed by atoms with Gasteiger partial charge in [0.1, 0.15) is 17.3 Å². The molecule has 0 aliphatic heterocycles. The number of carbonyl (C=O) groups excluding carboxylic acids is 1. The molecular formula is C35H40N2O4S. The first-order chi connectivity index (χ1) is 20.5. The van der Waals surface area contributed by atoms with Crippen molar-refractivity contribution in [3.8, 4) is 17.6 Å². The highest BCUT2D eigenvalue weighted by Crippen LogP contribution is 2.35. The van der Waals surface area contributed by atoms with Crippen molar-refractivity contribution in [2.24, 2.45) is 5.92 Å². The van der Waals surface area contributed by atoms with Gasteiger partial charge >= 0.3 is 0 Å². The van der Waals surface area contributed by atoms with E-state index in [1.165, 1.54) is 17.7 Å². The monoisotopic (exact) mass is 584 g/mol. The number of nitrogens with zero attached hydrogens (tertiary/aromatic N) is 1. The van der Waals surface area contributed by atoms with Crippen LogP contribution in [0, 0.1) is 17.2 Å². The van der Waals surface area contributed by atoms with Gasteiger partial charge in [0, 0.05) is 35.2 Å². The van der Waals surface area contributed by atoms with Gasteiger partial charge in [-0.1, -0.05) is 49.2 Å². The molecule has 4 aromatic rings. The van der Waals surface area contributed by atoms with Crippen molar-refractivity contribution in [1.82, 2.24) is 5.32 Å². The number of nitrogens with one attached hydrogen (secondary N) is 1. The van der Waals surface area contributed by atoms with E-state index in [0.717, 1.165) is 41.2 Å². The Kier molecular flexibility index (Phi) is 11.7. The smallest absolute Gasteiger partial charge is 0.223 e. The van der Waals surface area contributed by atoms with Gasteiger partial charge < -0.3 is 19.2 Å². The molecule has 0 spiro atoms. The Morgan fingerprint density at radius 3 is 2.40 bits per heavy atom. The molecule has 220 valence electrons. The number of hydrogen-bond donors (Lipinski definition) is 1. The number of amides is 1. The molecule has 2 aromatic heterocycles. The molecule has 2 atom stereocenters. The van der Waals surface area contributed by atoms with E-state index in [1.807, 2.05) is 80.6 Å². The number of rotatable bonds is 11. The van der Waals surface area contributed by atoms with Gasteiger partial charge in [0.2, 0.25) is 5.91 Å². The van der Waals surface area contributed by atoms with E-state index in [9.17, 15) is 10.1 Å². The molecule has 42 heavy (non-hydrogen) atoms. The molecule has 1 N–H and O–H groups in total. The molecule has 1 saturated carbocycles. The van der Waals surface area contributed by atoms with Gasteiger partial charge in [-0.3, -0.25) is 4.79 Å². The van der Waals surface area contributed by atoms with Crippen LogP contribution in [0.4, 0.5) is 0 Å². The SMILES string of the molecule is COc1ccccc1C(CC#N)c1ccc(OC(C)C)cc1.O=C(NCC(c1ccco1)c1cccs1)C1CCCC1. The van der Waals surface area contributed by atoms with Crippen LogP contribution >= 0.6 is 11.3 Å². The Hall–Kier alpha value is -4.02. The first-order valence-corrected chi connectivity index (χ1v) is 15.5. The van der Waals surface area contributed by atoms with E-state index < -0.39 is 0 Å². The van der Waals surface area contributed by atoms with E-state index in [-0.39, 0.29) is 29.8 Å². The maximum atomic E-state index is 12.2. The molecule has 1 fully saturated rings. The number of ether oxygens (including phenoxy) is 2. The minimum atomic E-state index is -0.00532. The lowest BCUT2D eigenvalue weighted by molar-refractivity contribution is -0.124. The fourth-order valence-electron chi connectivity index (χ4n) is 5.36. The number of furan rings is 1. The predicted molar refractivity (Wildman–Crippen MR) is 167 cm³/mol. The van der Waals surface area contributed by atoms with Crippen LogP contribution in [0.1, 0.15) is 79.6 Å². The Balaban J connectivity index is 0.000000193. The van der Waals surface area contributed by atoms with Crippen molar-refractivity contribution in [3.05, 3.63) is 106 Å². The third-order valence-corrected chi connectivity index (χ3v) is 8.43. The third kappa shape index (κ3) is 8.50. The van der Waals surface area contributed by atoms with Crippen LogP contribution < -0.4 is 14.8 Å². The second-order valence-corrected chi connectivity index (χ2v) is 11.7. The highest BCUT2D eigenvalue weighted by atomic mass is 32.1. The van der Waals surface area contributed by atoms with Crippen LogP contribution in [-0.4, -0.2) is 25.7 Å². The summed E-state index contributed by atoms with van der Waals surface area (Å²) in [4.78, 5) is 13.4. The Bertz CT molecular complexity index is 1350. The molecule has 0 bridgehead atoms. The normalized spacial score (nSPS) is 14.4. The summed E-state index contributed by atoms with van der Waals surface area (Å²) in [6.07, 6.45) is 6.69. The molecule has 2 unspecified atom stereocenters. The summed E-state index contributed by atoms with van der Waals surface area (Å²) >= 11 is 1.70. The third-order valence-electron chi connectivity index (χ3n) is 7.44. The number of benzene rings is 2. The zero-order valence-electron chi connectivity index (χ0n) is 24.6. The van der Waals surface area contributed by atoms with E-state index >= 15 is 0 Å². The van der Waals surface area contributed by atoms with E-state index in [4.69, 9.17) is 13.9 Å². The summed E-state index contributed by atoms with van der Waals surface area (Å²) in [5, 5.41) is 14.3. The average molecular weight is 585 g/mol. The zero-order chi connectivity index (χ0) is 29.7. The number of nitriles is 1. The van der Waals surface area contributed by atoms with Crippen LogP contribution in [0.5, 0.6) is 11.5 Å². The largest absolute Gasteiger partial charge is 0.496 e. The van der Waals surface area contributed by atoms with Crippen LogP contribution in [0.15, 0.2) is 88.9 Å². The Morgan fingerprint density at radius 2 is 1.79 bits per heavy atom. The van der Waals surface area contributed by atoms with Crippen molar-refractivity contribution >= 4 is 17.2 Å². The molecule has 0 radical (unpaired) electrons. The van der Waals surface area contributed by atoms with Gasteiger partial charge in [-0.2, -0.15) is 5.26 Å². The molecular weight excluding hydrogens is 544 g/mol. The molecule has 2 heterocycles. The van der Waals surface area contributed by atoms with Gasteiger partial charge in [0.25, 0.3) is 0 Å². The number of carbonyl (C=O) groups is 1. The highest BCUT2D eigenvalue weighted by molar-refractivity contribution is 7.10. The van der Waals surface area contributed by atoms with E-state index in [1.54, 1.807) is 24.7 Å². The molecule has 0 saturated heterocycles. The van der Waals surface area contributed by atoms with Crippen molar-refractivity contribution in [2.75, 3.05) is 13.7 Å². The summed E-state index contributed by atoms with van der Waals surface area (Å²) in [6.45, 7) is 4.62. The van der Waals surface area contributed by atoms with Gasteiger partial charge in [0.15, 0.2) is 0 Å². The van der Waals surface area contributed by atoms with Crippen LogP contribution in [0.25, 0.3) is 0 Å². The number of thiophene rings is 1. The Morgan fingerprint density at radius 1 is 1.02 bits per heavy atom. The highest BCUT2D eigenvalue weighted by Gasteiger charge is 2.25. The lowest BCUT2D eigenvalue weighted by Crippen LogP contribution is -2.32. The second kappa shape index (κ2) is 15.8. The second-order valence-electron chi connectivity index (χ2n) is 10.7. The van der Waals surface area contributed by atoms with Crippen molar-refractivity contribution < 1.29 is 18.7 Å². The zero-order valence-corrected chi connectivity index (χ0v) is 25.4. The fourth-order valence-corrected chi connectivity index (χ4v) is 6.19. The summed E-state index contributed by atoms with van der Waals surface area (Å²) < 4.78 is 16.6. The number of methoxy groups -OCH3 is 1. The summed E-state index contributed by atoms with van der Waals surface area (Å²) in [5.41, 5.74) is 2.12. The molecule has 6 nitrogen and oxygen atoms in total. The standard InChI is InChI=1S/C19H21NO2.C16H19NO2S/c1-14(2)22-16-10-8-15(9-11-16)17(12-13-20)18-6-4-5-7-19(18)21-3;18-16(12-5-1-2-6-12)17-11-13(14-7-3-9-19-14)15-8-4-10-20-15/h4-11,14,17H,12H2,1-3H3;3-4,7-10,12-13H,1-2,5-6,11H2,(H,17,18). The Labute approximate surface area is 253 Å².